The molecule has 1 fully saturated rings. The van der Waals surface area contributed by atoms with E-state index in [-0.39, 0.29) is 6.61 Å². The Kier molecular flexibility index (Phi) is 11.3. The van der Waals surface area contributed by atoms with Gasteiger partial charge in [0, 0.05) is 0 Å². The van der Waals surface area contributed by atoms with E-state index in [0.717, 1.165) is 11.1 Å². The van der Waals surface area contributed by atoms with Crippen molar-refractivity contribution in [2.24, 2.45) is 0 Å². The fraction of sp³-hybridized carbons (Fsp3) is 0.607. The lowest BCUT2D eigenvalue weighted by Gasteiger charge is -2.40. The van der Waals surface area contributed by atoms with Crippen LogP contribution in [-0.4, -0.2) is 102 Å². The van der Waals surface area contributed by atoms with Crippen LogP contribution in [0.1, 0.15) is 49.2 Å². The number of rotatable bonds is 11. The van der Waals surface area contributed by atoms with Gasteiger partial charge in [0.05, 0.1) is 33.3 Å². The zero-order valence-electron chi connectivity index (χ0n) is 23.1. The molecule has 0 spiro atoms. The van der Waals surface area contributed by atoms with Gasteiger partial charge in [0.1, 0.15) is 43.3 Å². The van der Waals surface area contributed by atoms with Crippen molar-refractivity contribution in [3.8, 4) is 5.75 Å². The summed E-state index contributed by atoms with van der Waals surface area (Å²) in [6.07, 6.45) is -2.17. The number of hydrogen-bond donors (Lipinski definition) is 4. The van der Waals surface area contributed by atoms with Crippen molar-refractivity contribution in [2.75, 3.05) is 40.9 Å². The van der Waals surface area contributed by atoms with Gasteiger partial charge < -0.3 is 39.1 Å². The number of nitrogens with zero attached hydrogens (tertiary/aromatic N) is 1. The highest BCUT2D eigenvalue weighted by atomic mass is 16.7. The minimum atomic E-state index is -1.56. The number of carbonyl (C=O) groups excluding carboxylic acids is 1. The van der Waals surface area contributed by atoms with E-state index in [9.17, 15) is 25.2 Å². The van der Waals surface area contributed by atoms with Crippen LogP contribution in [0.4, 0.5) is 0 Å². The Labute approximate surface area is 220 Å². The van der Waals surface area contributed by atoms with Crippen molar-refractivity contribution >= 4 is 5.97 Å². The van der Waals surface area contributed by atoms with Gasteiger partial charge in [-0.3, -0.25) is 0 Å². The number of aliphatic hydroxyl groups excluding tert-OH is 4. The molecule has 0 bridgehead atoms. The summed E-state index contributed by atoms with van der Waals surface area (Å²) in [5.74, 6) is -0.0352. The molecule has 1 heterocycles. The van der Waals surface area contributed by atoms with Crippen LogP contribution < -0.4 is 4.74 Å². The van der Waals surface area contributed by atoms with Crippen molar-refractivity contribution in [1.82, 2.24) is 0 Å². The van der Waals surface area contributed by atoms with E-state index in [2.05, 4.69) is 0 Å². The highest BCUT2D eigenvalue weighted by Crippen LogP contribution is 2.33. The fourth-order valence-electron chi connectivity index (χ4n) is 3.73. The minimum absolute atomic E-state index is 0.276. The third-order valence-corrected chi connectivity index (χ3v) is 6.02. The van der Waals surface area contributed by atoms with E-state index in [4.69, 9.17) is 14.2 Å². The lowest BCUT2D eigenvalue weighted by atomic mass is 9.97. The molecule has 1 saturated heterocycles. The minimum Gasteiger partial charge on any atom is -0.461 e. The first-order valence-corrected chi connectivity index (χ1v) is 12.6. The van der Waals surface area contributed by atoms with E-state index in [1.54, 1.807) is 12.1 Å². The van der Waals surface area contributed by atoms with E-state index in [0.29, 0.717) is 46.3 Å². The van der Waals surface area contributed by atoms with Crippen LogP contribution in [-0.2, 0) is 22.3 Å². The van der Waals surface area contributed by atoms with Crippen LogP contribution >= 0.6 is 0 Å². The molecule has 5 atom stereocenters. The second kappa shape index (κ2) is 13.5. The highest BCUT2D eigenvalue weighted by Gasteiger charge is 2.45. The van der Waals surface area contributed by atoms with E-state index in [1.807, 2.05) is 61.0 Å². The van der Waals surface area contributed by atoms with Gasteiger partial charge in [-0.1, -0.05) is 23.3 Å². The second-order valence-corrected chi connectivity index (χ2v) is 11.1. The van der Waals surface area contributed by atoms with Gasteiger partial charge in [-0.15, -0.1) is 0 Å². The molecule has 0 aromatic heterocycles. The summed E-state index contributed by atoms with van der Waals surface area (Å²) in [6.45, 7) is 8.24. The summed E-state index contributed by atoms with van der Waals surface area (Å²) >= 11 is 0. The Hall–Kier alpha value is -2.27. The van der Waals surface area contributed by atoms with Crippen LogP contribution in [0.2, 0.25) is 0 Å². The number of quaternary nitrogens is 1. The van der Waals surface area contributed by atoms with Gasteiger partial charge in [0.2, 0.25) is 6.29 Å². The van der Waals surface area contributed by atoms with Crippen molar-refractivity contribution in [2.45, 2.75) is 71.2 Å². The molecule has 0 saturated carbocycles. The zero-order valence-corrected chi connectivity index (χ0v) is 23.1. The molecule has 37 heavy (non-hydrogen) atoms. The Bertz CT molecular complexity index is 930. The molecule has 0 amide bonds. The molecule has 1 aliphatic heterocycles. The smallest absolute Gasteiger partial charge is 0.338 e. The number of allylic oxidation sites excluding steroid dienone is 4. The Morgan fingerprint density at radius 2 is 1.49 bits per heavy atom. The lowest BCUT2D eigenvalue weighted by Crippen LogP contribution is -2.60. The van der Waals surface area contributed by atoms with E-state index < -0.39 is 43.3 Å². The first kappa shape index (κ1) is 31.0. The largest absolute Gasteiger partial charge is 0.461 e. The fourth-order valence-corrected chi connectivity index (χ4v) is 3.73. The van der Waals surface area contributed by atoms with Crippen LogP contribution in [0.25, 0.3) is 0 Å². The average Bonchev–Trinajstić information content (AvgIpc) is 2.81. The molecule has 208 valence electrons. The van der Waals surface area contributed by atoms with Crippen molar-refractivity contribution in [1.29, 1.82) is 0 Å². The predicted octanol–water partition coefficient (Wildman–Crippen LogP) is 1.75. The van der Waals surface area contributed by atoms with Crippen LogP contribution in [0, 0.1) is 0 Å². The summed E-state index contributed by atoms with van der Waals surface area (Å²) in [7, 11) is 6.07. The van der Waals surface area contributed by atoms with Gasteiger partial charge in [-0.2, -0.15) is 0 Å². The Balaban J connectivity index is 2.51. The molecule has 9 heteroatoms. The maximum absolute atomic E-state index is 13.0. The first-order chi connectivity index (χ1) is 17.2. The third-order valence-electron chi connectivity index (χ3n) is 6.02. The lowest BCUT2D eigenvalue weighted by molar-refractivity contribution is -0.870. The molecular formula is C28H44NO8+. The van der Waals surface area contributed by atoms with Crippen molar-refractivity contribution in [3.63, 3.8) is 0 Å². The number of carbonyl (C=O) groups is 1. The quantitative estimate of drug-likeness (QED) is 0.197. The maximum atomic E-state index is 13.0. The summed E-state index contributed by atoms with van der Waals surface area (Å²) in [5.41, 5.74) is 3.88. The van der Waals surface area contributed by atoms with Crippen LogP contribution in [0.15, 0.2) is 35.4 Å². The number of aliphatic hydroxyl groups is 4. The average molecular weight is 523 g/mol. The molecule has 0 aliphatic carbocycles. The number of hydrogen-bond acceptors (Lipinski definition) is 8. The molecule has 2 rings (SSSR count). The van der Waals surface area contributed by atoms with Crippen molar-refractivity contribution in [3.05, 3.63) is 52.1 Å². The molecular weight excluding hydrogens is 478 g/mol. The summed E-state index contributed by atoms with van der Waals surface area (Å²) in [5, 5.41) is 40.5. The standard InChI is InChI=1S/C28H44NO8/c1-17(2)8-10-19-14-21(27(34)35-13-12-29(5,6)7)15-20(11-9-18(3)4)26(19)37-28-25(33)24(32)23(31)22(16-30)36-28/h8-9,14-15,22-25,28,30-33H,10-13,16H2,1-7H3/q+1/t22-,23-,24+,25-,28+/m0/s1. The highest BCUT2D eigenvalue weighted by molar-refractivity contribution is 5.90. The second-order valence-electron chi connectivity index (χ2n) is 11.1. The van der Waals surface area contributed by atoms with Gasteiger partial charge in [-0.25, -0.2) is 4.79 Å². The number of likely N-dealkylation sites (N-methyl/N-ethyl adjacent to an activating group) is 1. The molecule has 0 radical (unpaired) electrons. The summed E-state index contributed by atoms with van der Waals surface area (Å²) in [4.78, 5) is 13.0. The first-order valence-electron chi connectivity index (χ1n) is 12.6. The van der Waals surface area contributed by atoms with Gasteiger partial charge in [-0.05, 0) is 63.8 Å². The molecule has 9 nitrogen and oxygen atoms in total. The monoisotopic (exact) mass is 522 g/mol. The Morgan fingerprint density at radius 1 is 0.946 bits per heavy atom. The Morgan fingerprint density at radius 3 is 1.95 bits per heavy atom. The number of esters is 1. The third kappa shape index (κ3) is 9.21. The van der Waals surface area contributed by atoms with E-state index in [1.165, 1.54) is 0 Å². The topological polar surface area (TPSA) is 126 Å². The number of ether oxygens (including phenoxy) is 3. The van der Waals surface area contributed by atoms with Crippen LogP contribution in [0.5, 0.6) is 5.75 Å². The zero-order chi connectivity index (χ0) is 27.9. The normalized spacial score (nSPS) is 23.8. The maximum Gasteiger partial charge on any atom is 0.338 e. The van der Waals surface area contributed by atoms with Gasteiger partial charge in [0.25, 0.3) is 0 Å². The predicted molar refractivity (Wildman–Crippen MR) is 140 cm³/mol. The summed E-state index contributed by atoms with van der Waals surface area (Å²) < 4.78 is 18.0. The molecule has 1 aliphatic rings. The SMILES string of the molecule is CC(C)=CCc1cc(C(=O)OCC[N+](C)(C)C)cc(CC=C(C)C)c1O[C@H]1O[C@@H](CO)[C@H](O)[C@@H](O)[C@@H]1O. The van der Waals surface area contributed by atoms with Crippen LogP contribution in [0.3, 0.4) is 0 Å². The molecule has 0 unspecified atom stereocenters. The summed E-state index contributed by atoms with van der Waals surface area (Å²) in [6, 6.07) is 3.41. The van der Waals surface area contributed by atoms with E-state index >= 15 is 0 Å². The van der Waals surface area contributed by atoms with Crippen molar-refractivity contribution < 1.29 is 43.9 Å². The van der Waals surface area contributed by atoms with Gasteiger partial charge in [0.15, 0.2) is 0 Å². The van der Waals surface area contributed by atoms with Gasteiger partial charge >= 0.3 is 5.97 Å². The molecule has 1 aromatic carbocycles. The molecule has 4 N–H and O–H groups in total. The number of benzene rings is 1. The molecule has 1 aromatic rings.